The number of nitrogens with one attached hydrogen (secondary N) is 1. The molecule has 0 aliphatic rings. The molecule has 0 saturated carbocycles. The second-order valence-corrected chi connectivity index (χ2v) is 6.63. The maximum absolute atomic E-state index is 12.5. The van der Waals surface area contributed by atoms with Crippen LogP contribution in [0.4, 0.5) is 5.69 Å². The zero-order valence-electron chi connectivity index (χ0n) is 17.2. The first-order valence-electron chi connectivity index (χ1n) is 10.1. The van der Waals surface area contributed by atoms with Crippen molar-refractivity contribution in [1.82, 2.24) is 0 Å². The van der Waals surface area contributed by atoms with Crippen molar-refractivity contribution >= 4 is 11.6 Å². The highest BCUT2D eigenvalue weighted by atomic mass is 16.5. The van der Waals surface area contributed by atoms with Crippen LogP contribution in [0.3, 0.4) is 0 Å². The van der Waals surface area contributed by atoms with Gasteiger partial charge in [-0.2, -0.15) is 0 Å². The lowest BCUT2D eigenvalue weighted by Gasteiger charge is -2.09. The number of rotatable bonds is 11. The van der Waals surface area contributed by atoms with E-state index in [1.165, 1.54) is 5.56 Å². The van der Waals surface area contributed by atoms with E-state index in [1.54, 1.807) is 12.1 Å². The van der Waals surface area contributed by atoms with Crippen LogP contribution in [0.25, 0.3) is 0 Å². The predicted molar refractivity (Wildman–Crippen MR) is 118 cm³/mol. The summed E-state index contributed by atoms with van der Waals surface area (Å²) in [6.45, 7) is 4.27. The summed E-state index contributed by atoms with van der Waals surface area (Å²) in [5, 5.41) is 2.89. The lowest BCUT2D eigenvalue weighted by Crippen LogP contribution is -2.12. The maximum atomic E-state index is 12.5. The van der Waals surface area contributed by atoms with Crippen LogP contribution in [0.15, 0.2) is 78.9 Å². The number of hydrogen-bond donors (Lipinski definition) is 1. The molecule has 3 rings (SSSR count). The predicted octanol–water partition coefficient (Wildman–Crippen LogP) is 4.98. The molecule has 3 aromatic carbocycles. The average Bonchev–Trinajstić information content (AvgIpc) is 2.79. The monoisotopic (exact) mass is 405 g/mol. The van der Waals surface area contributed by atoms with E-state index < -0.39 is 0 Å². The van der Waals surface area contributed by atoms with Crippen LogP contribution in [-0.4, -0.2) is 32.3 Å². The van der Waals surface area contributed by atoms with E-state index in [4.69, 9.17) is 14.2 Å². The summed E-state index contributed by atoms with van der Waals surface area (Å²) in [4.78, 5) is 12.5. The molecule has 0 bridgehead atoms. The Balaban J connectivity index is 1.44. The third-order valence-electron chi connectivity index (χ3n) is 4.43. The number of benzene rings is 3. The van der Waals surface area contributed by atoms with E-state index in [0.29, 0.717) is 37.7 Å². The van der Waals surface area contributed by atoms with Gasteiger partial charge in [-0.15, -0.1) is 0 Å². The van der Waals surface area contributed by atoms with E-state index >= 15 is 0 Å². The molecule has 156 valence electrons. The molecule has 0 unspecified atom stereocenters. The van der Waals surface area contributed by atoms with Crippen LogP contribution >= 0.6 is 0 Å². The molecular formula is C25H27NO4. The fraction of sp³-hybridized carbons (Fsp3) is 0.240. The van der Waals surface area contributed by atoms with Gasteiger partial charge in [-0.3, -0.25) is 4.79 Å². The summed E-state index contributed by atoms with van der Waals surface area (Å²) in [6.07, 6.45) is 0.842. The summed E-state index contributed by atoms with van der Waals surface area (Å²) < 4.78 is 16.6. The van der Waals surface area contributed by atoms with Gasteiger partial charge in [-0.25, -0.2) is 0 Å². The second-order valence-electron chi connectivity index (χ2n) is 6.63. The number of hydrogen-bond acceptors (Lipinski definition) is 4. The van der Waals surface area contributed by atoms with Crippen LogP contribution in [-0.2, 0) is 11.2 Å². The van der Waals surface area contributed by atoms with Crippen LogP contribution in [0.2, 0.25) is 0 Å². The SMILES string of the molecule is CCOCCOc1ccc(NC(=O)c2ccc(OCCc3ccccc3)cc2)cc1. The fourth-order valence-corrected chi connectivity index (χ4v) is 2.83. The van der Waals surface area contributed by atoms with Gasteiger partial charge in [0.1, 0.15) is 18.1 Å². The molecule has 0 aromatic heterocycles. The molecule has 0 spiro atoms. The normalized spacial score (nSPS) is 10.4. The van der Waals surface area contributed by atoms with Crippen molar-refractivity contribution in [1.29, 1.82) is 0 Å². The van der Waals surface area contributed by atoms with Crippen LogP contribution < -0.4 is 14.8 Å². The molecule has 0 heterocycles. The minimum Gasteiger partial charge on any atom is -0.493 e. The Morgan fingerprint density at radius 3 is 2.07 bits per heavy atom. The first-order valence-corrected chi connectivity index (χ1v) is 10.1. The Hall–Kier alpha value is -3.31. The Morgan fingerprint density at radius 1 is 0.767 bits per heavy atom. The molecule has 0 fully saturated rings. The van der Waals surface area contributed by atoms with Crippen LogP contribution in [0, 0.1) is 0 Å². The van der Waals surface area contributed by atoms with E-state index in [-0.39, 0.29) is 5.91 Å². The molecule has 1 amide bonds. The molecule has 0 saturated heterocycles. The summed E-state index contributed by atoms with van der Waals surface area (Å²) in [7, 11) is 0. The number of carbonyl (C=O) groups excluding carboxylic acids is 1. The van der Waals surface area contributed by atoms with Crippen molar-refractivity contribution in [2.24, 2.45) is 0 Å². The topological polar surface area (TPSA) is 56.8 Å². The Kier molecular flexibility index (Phi) is 8.30. The third-order valence-corrected chi connectivity index (χ3v) is 4.43. The van der Waals surface area contributed by atoms with Gasteiger partial charge in [0.15, 0.2) is 0 Å². The van der Waals surface area contributed by atoms with Gasteiger partial charge in [0, 0.05) is 24.3 Å². The molecule has 30 heavy (non-hydrogen) atoms. The van der Waals surface area contributed by atoms with Crippen molar-refractivity contribution in [2.45, 2.75) is 13.3 Å². The molecule has 1 N–H and O–H groups in total. The molecule has 0 aliphatic heterocycles. The fourth-order valence-electron chi connectivity index (χ4n) is 2.83. The highest BCUT2D eigenvalue weighted by Crippen LogP contribution is 2.18. The van der Waals surface area contributed by atoms with Gasteiger partial charge in [-0.05, 0) is 61.0 Å². The number of ether oxygens (including phenoxy) is 3. The zero-order valence-corrected chi connectivity index (χ0v) is 17.2. The Morgan fingerprint density at radius 2 is 1.40 bits per heavy atom. The minimum absolute atomic E-state index is 0.171. The first-order chi connectivity index (χ1) is 14.7. The van der Waals surface area contributed by atoms with E-state index in [0.717, 1.165) is 17.9 Å². The molecule has 3 aromatic rings. The molecule has 0 radical (unpaired) electrons. The second kappa shape index (κ2) is 11.6. The summed E-state index contributed by atoms with van der Waals surface area (Å²) in [6, 6.07) is 24.6. The quantitative estimate of drug-likeness (QED) is 0.457. The van der Waals surface area contributed by atoms with Gasteiger partial charge in [0.25, 0.3) is 5.91 Å². The lowest BCUT2D eigenvalue weighted by molar-refractivity contribution is 0.102. The summed E-state index contributed by atoms with van der Waals surface area (Å²) in [5.74, 6) is 1.32. The molecule has 0 aliphatic carbocycles. The number of amides is 1. The first kappa shape index (κ1) is 21.4. The lowest BCUT2D eigenvalue weighted by atomic mass is 10.2. The molecule has 5 nitrogen and oxygen atoms in total. The minimum atomic E-state index is -0.171. The summed E-state index contributed by atoms with van der Waals surface area (Å²) in [5.41, 5.74) is 2.52. The Bertz CT molecular complexity index is 893. The van der Waals surface area contributed by atoms with E-state index in [1.807, 2.05) is 61.5 Å². The van der Waals surface area contributed by atoms with Crippen molar-refractivity contribution in [2.75, 3.05) is 31.7 Å². The van der Waals surface area contributed by atoms with Gasteiger partial charge in [0.05, 0.1) is 13.2 Å². The van der Waals surface area contributed by atoms with Crippen molar-refractivity contribution < 1.29 is 19.0 Å². The average molecular weight is 405 g/mol. The smallest absolute Gasteiger partial charge is 0.255 e. The molecule has 0 atom stereocenters. The van der Waals surface area contributed by atoms with Crippen LogP contribution in [0.5, 0.6) is 11.5 Å². The van der Waals surface area contributed by atoms with Crippen molar-refractivity contribution in [3.8, 4) is 11.5 Å². The highest BCUT2D eigenvalue weighted by Gasteiger charge is 2.07. The van der Waals surface area contributed by atoms with Crippen LogP contribution in [0.1, 0.15) is 22.8 Å². The molecule has 5 heteroatoms. The Labute approximate surface area is 177 Å². The number of carbonyl (C=O) groups is 1. The maximum Gasteiger partial charge on any atom is 0.255 e. The van der Waals surface area contributed by atoms with E-state index in [9.17, 15) is 4.79 Å². The number of anilines is 1. The standard InChI is InChI=1S/C25H27NO4/c1-2-28-18-19-30-24-14-10-22(11-15-24)26-25(27)21-8-12-23(13-9-21)29-17-16-20-6-4-3-5-7-20/h3-15H,2,16-19H2,1H3,(H,26,27). The highest BCUT2D eigenvalue weighted by molar-refractivity contribution is 6.04. The van der Waals surface area contributed by atoms with Gasteiger partial charge >= 0.3 is 0 Å². The third kappa shape index (κ3) is 6.94. The van der Waals surface area contributed by atoms with E-state index in [2.05, 4.69) is 17.4 Å². The summed E-state index contributed by atoms with van der Waals surface area (Å²) >= 11 is 0. The van der Waals surface area contributed by atoms with Gasteiger partial charge in [0.2, 0.25) is 0 Å². The van der Waals surface area contributed by atoms with Crippen molar-refractivity contribution in [3.63, 3.8) is 0 Å². The molecular weight excluding hydrogens is 378 g/mol. The van der Waals surface area contributed by atoms with Gasteiger partial charge in [-0.1, -0.05) is 30.3 Å². The zero-order chi connectivity index (χ0) is 21.0. The van der Waals surface area contributed by atoms with Crippen molar-refractivity contribution in [3.05, 3.63) is 90.0 Å². The largest absolute Gasteiger partial charge is 0.493 e. The van der Waals surface area contributed by atoms with Gasteiger partial charge < -0.3 is 19.5 Å².